The number of hydrogen-bond donors (Lipinski definition) is 1. The molecule has 2 aromatic rings. The van der Waals surface area contributed by atoms with Gasteiger partial charge in [-0.05, 0) is 37.0 Å². The molecular formula is C20H25FO4. The first-order valence-electron chi connectivity index (χ1n) is 7.59. The number of carbonyl (C=O) groups is 3. The molecule has 0 aromatic heterocycles. The predicted molar refractivity (Wildman–Crippen MR) is 97.1 cm³/mol. The lowest BCUT2D eigenvalue weighted by atomic mass is 9.93. The fourth-order valence-corrected chi connectivity index (χ4v) is 1.97. The highest BCUT2D eigenvalue weighted by molar-refractivity contribution is 5.68. The largest absolute Gasteiger partial charge is 0.481 e. The van der Waals surface area contributed by atoms with Crippen LogP contribution in [0.3, 0.4) is 0 Å². The number of halogens is 1. The van der Waals surface area contributed by atoms with Gasteiger partial charge >= 0.3 is 5.97 Å². The van der Waals surface area contributed by atoms with Crippen LogP contribution in [0.1, 0.15) is 36.8 Å². The van der Waals surface area contributed by atoms with Gasteiger partial charge in [0.2, 0.25) is 0 Å². The summed E-state index contributed by atoms with van der Waals surface area (Å²) in [5, 5.41) is 8.68. The van der Waals surface area contributed by atoms with Crippen molar-refractivity contribution in [1.82, 2.24) is 0 Å². The first-order valence-corrected chi connectivity index (χ1v) is 7.59. The van der Waals surface area contributed by atoms with Crippen molar-refractivity contribution in [3.05, 3.63) is 71.5 Å². The van der Waals surface area contributed by atoms with Gasteiger partial charge in [0, 0.05) is 0 Å². The van der Waals surface area contributed by atoms with Crippen LogP contribution in [-0.4, -0.2) is 24.7 Å². The van der Waals surface area contributed by atoms with E-state index in [4.69, 9.17) is 14.7 Å². The molecule has 1 atom stereocenters. The van der Waals surface area contributed by atoms with E-state index in [2.05, 4.69) is 0 Å². The third-order valence-corrected chi connectivity index (χ3v) is 3.20. The average molecular weight is 348 g/mol. The molecule has 4 nitrogen and oxygen atoms in total. The second-order valence-electron chi connectivity index (χ2n) is 4.91. The summed E-state index contributed by atoms with van der Waals surface area (Å²) >= 11 is 0. The fourth-order valence-electron chi connectivity index (χ4n) is 1.97. The van der Waals surface area contributed by atoms with Crippen molar-refractivity contribution in [2.24, 2.45) is 0 Å². The number of aryl methyl sites for hydroxylation is 1. The Bertz CT molecular complexity index is 547. The molecule has 0 aliphatic rings. The maximum Gasteiger partial charge on any atom is 0.303 e. The molecule has 2 aromatic carbocycles. The average Bonchev–Trinajstić information content (AvgIpc) is 2.66. The van der Waals surface area contributed by atoms with Gasteiger partial charge in [-0.15, -0.1) is 0 Å². The molecule has 0 saturated heterocycles. The Morgan fingerprint density at radius 2 is 1.48 bits per heavy atom. The number of rotatable bonds is 4. The van der Waals surface area contributed by atoms with E-state index >= 15 is 0 Å². The Morgan fingerprint density at radius 3 is 1.84 bits per heavy atom. The Kier molecular flexibility index (Phi) is 15.7. The molecule has 1 N–H and O–H groups in total. The summed E-state index contributed by atoms with van der Waals surface area (Å²) in [7, 11) is 0. The Balaban J connectivity index is 0. The monoisotopic (exact) mass is 348 g/mol. The molecule has 0 bridgehead atoms. The van der Waals surface area contributed by atoms with Crippen molar-refractivity contribution in [3.63, 3.8) is 0 Å². The van der Waals surface area contributed by atoms with Gasteiger partial charge in [-0.3, -0.25) is 4.79 Å². The highest BCUT2D eigenvalue weighted by Crippen LogP contribution is 2.22. The minimum absolute atomic E-state index is 0.152. The molecule has 0 saturated carbocycles. The number of carboxylic acid groups (broad SMARTS) is 1. The zero-order valence-electron chi connectivity index (χ0n) is 14.7. The lowest BCUT2D eigenvalue weighted by molar-refractivity contribution is -0.137. The summed E-state index contributed by atoms with van der Waals surface area (Å²) in [6.07, 6.45) is 1.09. The molecule has 1 unspecified atom stereocenters. The SMILES string of the molecule is C=O.C=O.CCC(CC(=O)O)c1ccccc1.Cc1ccc(F)cc1. The van der Waals surface area contributed by atoms with Gasteiger partial charge in [-0.25, -0.2) is 4.39 Å². The fraction of sp³-hybridized carbons (Fsp3) is 0.250. The molecule has 0 spiro atoms. The minimum atomic E-state index is -0.726. The Hall–Kier alpha value is -2.82. The van der Waals surface area contributed by atoms with Crippen LogP contribution in [0.25, 0.3) is 0 Å². The lowest BCUT2D eigenvalue weighted by Gasteiger charge is -2.11. The van der Waals surface area contributed by atoms with Gasteiger partial charge in [-0.1, -0.05) is 55.0 Å². The maximum absolute atomic E-state index is 12.1. The predicted octanol–water partition coefficient (Wildman–Crippen LogP) is 4.42. The maximum atomic E-state index is 12.1. The smallest absolute Gasteiger partial charge is 0.303 e. The molecule has 0 fully saturated rings. The summed E-state index contributed by atoms with van der Waals surface area (Å²) in [4.78, 5) is 26.5. The first kappa shape index (κ1) is 24.4. The van der Waals surface area contributed by atoms with E-state index in [0.29, 0.717) is 0 Å². The summed E-state index contributed by atoms with van der Waals surface area (Å²) in [5.41, 5.74) is 2.21. The third kappa shape index (κ3) is 12.3. The summed E-state index contributed by atoms with van der Waals surface area (Å²) in [6.45, 7) is 7.94. The molecular weight excluding hydrogens is 323 g/mol. The van der Waals surface area contributed by atoms with Gasteiger partial charge in [-0.2, -0.15) is 0 Å². The number of carbonyl (C=O) groups excluding carboxylic acids is 2. The molecule has 25 heavy (non-hydrogen) atoms. The first-order chi connectivity index (χ1) is 12.0. The Labute approximate surface area is 148 Å². The van der Waals surface area contributed by atoms with E-state index in [9.17, 15) is 9.18 Å². The molecule has 0 amide bonds. The zero-order chi connectivity index (χ0) is 19.7. The van der Waals surface area contributed by atoms with Gasteiger partial charge < -0.3 is 14.7 Å². The second kappa shape index (κ2) is 16.1. The van der Waals surface area contributed by atoms with E-state index in [1.54, 1.807) is 12.1 Å². The van der Waals surface area contributed by atoms with Crippen molar-refractivity contribution in [2.45, 2.75) is 32.6 Å². The molecule has 0 heterocycles. The number of aliphatic carboxylic acids is 1. The number of carboxylic acids is 1. The normalized spacial score (nSPS) is 9.72. The van der Waals surface area contributed by atoms with Gasteiger partial charge in [0.15, 0.2) is 0 Å². The van der Waals surface area contributed by atoms with E-state index < -0.39 is 5.97 Å². The van der Waals surface area contributed by atoms with Crippen LogP contribution >= 0.6 is 0 Å². The van der Waals surface area contributed by atoms with E-state index in [-0.39, 0.29) is 18.2 Å². The van der Waals surface area contributed by atoms with Crippen LogP contribution < -0.4 is 0 Å². The highest BCUT2D eigenvalue weighted by atomic mass is 19.1. The molecule has 2 rings (SSSR count). The summed E-state index contributed by atoms with van der Waals surface area (Å²) in [6, 6.07) is 16.2. The van der Waals surface area contributed by atoms with Crippen molar-refractivity contribution in [2.75, 3.05) is 0 Å². The van der Waals surface area contributed by atoms with Gasteiger partial charge in [0.25, 0.3) is 0 Å². The summed E-state index contributed by atoms with van der Waals surface area (Å²) in [5.74, 6) is -0.745. The van der Waals surface area contributed by atoms with Crippen LogP contribution in [0, 0.1) is 12.7 Å². The molecule has 5 heteroatoms. The second-order valence-corrected chi connectivity index (χ2v) is 4.91. The van der Waals surface area contributed by atoms with Crippen LogP contribution in [0.4, 0.5) is 4.39 Å². The van der Waals surface area contributed by atoms with E-state index in [1.165, 1.54) is 12.1 Å². The van der Waals surface area contributed by atoms with Gasteiger partial charge in [0.1, 0.15) is 19.4 Å². The van der Waals surface area contributed by atoms with Crippen LogP contribution in [0.15, 0.2) is 54.6 Å². The van der Waals surface area contributed by atoms with Crippen LogP contribution in [-0.2, 0) is 14.4 Å². The highest BCUT2D eigenvalue weighted by Gasteiger charge is 2.12. The van der Waals surface area contributed by atoms with E-state index in [1.807, 2.05) is 57.8 Å². The molecule has 0 aliphatic heterocycles. The van der Waals surface area contributed by atoms with Crippen LogP contribution in [0.5, 0.6) is 0 Å². The third-order valence-electron chi connectivity index (χ3n) is 3.20. The van der Waals surface area contributed by atoms with Crippen molar-refractivity contribution in [3.8, 4) is 0 Å². The quantitative estimate of drug-likeness (QED) is 0.888. The van der Waals surface area contributed by atoms with Crippen LogP contribution in [0.2, 0.25) is 0 Å². The van der Waals surface area contributed by atoms with Crippen molar-refractivity contribution >= 4 is 19.5 Å². The molecule has 0 aliphatic carbocycles. The number of hydrogen-bond acceptors (Lipinski definition) is 3. The number of benzene rings is 2. The van der Waals surface area contributed by atoms with Crippen molar-refractivity contribution < 1.29 is 23.9 Å². The minimum Gasteiger partial charge on any atom is -0.481 e. The molecule has 136 valence electrons. The van der Waals surface area contributed by atoms with E-state index in [0.717, 1.165) is 17.5 Å². The lowest BCUT2D eigenvalue weighted by Crippen LogP contribution is -2.05. The standard InChI is InChI=1S/C11H14O2.C7H7F.2CH2O/c1-2-9(8-11(12)13)10-6-4-3-5-7-10;1-6-2-4-7(8)5-3-6;2*1-2/h3-7,9H,2,8H2,1H3,(H,12,13);2-5H,1H3;2*1H2. The zero-order valence-corrected chi connectivity index (χ0v) is 14.7. The summed E-state index contributed by atoms with van der Waals surface area (Å²) < 4.78 is 12.1. The Morgan fingerprint density at radius 1 is 1.00 bits per heavy atom. The molecule has 0 radical (unpaired) electrons. The van der Waals surface area contributed by atoms with Crippen molar-refractivity contribution in [1.29, 1.82) is 0 Å². The topological polar surface area (TPSA) is 71.4 Å². The van der Waals surface area contributed by atoms with Gasteiger partial charge in [0.05, 0.1) is 6.42 Å².